The summed E-state index contributed by atoms with van der Waals surface area (Å²) in [4.78, 5) is 23.9. The van der Waals surface area contributed by atoms with Gasteiger partial charge in [0.2, 0.25) is 5.91 Å². The first-order chi connectivity index (χ1) is 12.9. The summed E-state index contributed by atoms with van der Waals surface area (Å²) >= 11 is 1.39. The van der Waals surface area contributed by atoms with Gasteiger partial charge in [-0.3, -0.25) is 4.79 Å². The van der Waals surface area contributed by atoms with E-state index in [0.717, 1.165) is 35.7 Å². The molecule has 144 valence electrons. The van der Waals surface area contributed by atoms with E-state index in [-0.39, 0.29) is 11.2 Å². The number of anilines is 2. The minimum atomic E-state index is -0.270. The van der Waals surface area contributed by atoms with Gasteiger partial charge < -0.3 is 10.2 Å². The minimum Gasteiger partial charge on any atom is -0.372 e. The molecule has 6 heteroatoms. The Hall–Kier alpha value is -2.08. The summed E-state index contributed by atoms with van der Waals surface area (Å²) in [5, 5.41) is 3.38. The second-order valence-electron chi connectivity index (χ2n) is 7.15. The van der Waals surface area contributed by atoms with Gasteiger partial charge in [0.05, 0.1) is 5.25 Å². The molecule has 0 bridgehead atoms. The molecule has 1 aliphatic rings. The maximum absolute atomic E-state index is 12.5. The Labute approximate surface area is 166 Å². The fourth-order valence-electron chi connectivity index (χ4n) is 3.16. The highest BCUT2D eigenvalue weighted by Gasteiger charge is 2.18. The lowest BCUT2D eigenvalue weighted by Gasteiger charge is -2.28. The summed E-state index contributed by atoms with van der Waals surface area (Å²) < 4.78 is 0. The Bertz CT molecular complexity index is 777. The van der Waals surface area contributed by atoms with Crippen molar-refractivity contribution in [1.82, 2.24) is 9.97 Å². The number of thioether (sulfide) groups is 1. The summed E-state index contributed by atoms with van der Waals surface area (Å²) in [6.07, 6.45) is 3.84. The van der Waals surface area contributed by atoms with Crippen LogP contribution in [0, 0.1) is 20.8 Å². The molecule has 1 aromatic carbocycles. The zero-order valence-electron chi connectivity index (χ0n) is 16.6. The molecule has 1 atom stereocenters. The lowest BCUT2D eigenvalue weighted by molar-refractivity contribution is -0.115. The summed E-state index contributed by atoms with van der Waals surface area (Å²) in [5.41, 5.74) is 5.08. The van der Waals surface area contributed by atoms with Crippen molar-refractivity contribution in [3.63, 3.8) is 0 Å². The van der Waals surface area contributed by atoms with Crippen molar-refractivity contribution < 1.29 is 4.79 Å². The van der Waals surface area contributed by atoms with Crippen molar-refractivity contribution in [2.75, 3.05) is 23.3 Å². The molecule has 0 saturated carbocycles. The number of benzene rings is 1. The molecule has 27 heavy (non-hydrogen) atoms. The second kappa shape index (κ2) is 8.74. The number of hydrogen-bond acceptors (Lipinski definition) is 5. The molecule has 1 saturated heterocycles. The average Bonchev–Trinajstić information content (AvgIpc) is 2.67. The third-order valence-corrected chi connectivity index (χ3v) is 6.08. The second-order valence-corrected chi connectivity index (χ2v) is 8.45. The van der Waals surface area contributed by atoms with Gasteiger partial charge in [0.1, 0.15) is 0 Å². The van der Waals surface area contributed by atoms with E-state index >= 15 is 0 Å². The molecule has 0 radical (unpaired) electrons. The highest BCUT2D eigenvalue weighted by molar-refractivity contribution is 8.00. The van der Waals surface area contributed by atoms with E-state index in [1.54, 1.807) is 0 Å². The molecule has 1 aromatic heterocycles. The van der Waals surface area contributed by atoms with Gasteiger partial charge in [-0.05, 0) is 76.8 Å². The molecule has 3 rings (SSSR count). The highest BCUT2D eigenvalue weighted by Crippen LogP contribution is 2.24. The monoisotopic (exact) mass is 384 g/mol. The first-order valence-corrected chi connectivity index (χ1v) is 10.5. The Kier molecular flexibility index (Phi) is 6.37. The van der Waals surface area contributed by atoms with Crippen molar-refractivity contribution in [3.05, 3.63) is 41.2 Å². The number of rotatable bonds is 5. The number of aromatic nitrogens is 2. The van der Waals surface area contributed by atoms with Crippen molar-refractivity contribution in [2.24, 2.45) is 0 Å². The SMILES string of the molecule is Cc1nc(S[C@@H](C)C(=O)Nc2ccc(N3CCCCC3)cc2)nc(C)c1C. The quantitative estimate of drug-likeness (QED) is 0.607. The van der Waals surface area contributed by atoms with Crippen LogP contribution in [0.15, 0.2) is 29.4 Å². The molecule has 0 aliphatic carbocycles. The molecule has 1 N–H and O–H groups in total. The maximum Gasteiger partial charge on any atom is 0.237 e. The molecule has 2 heterocycles. The van der Waals surface area contributed by atoms with Crippen molar-refractivity contribution in [2.45, 2.75) is 57.4 Å². The van der Waals surface area contributed by atoms with Gasteiger partial charge in [-0.25, -0.2) is 9.97 Å². The van der Waals surface area contributed by atoms with Crippen LogP contribution in [0.3, 0.4) is 0 Å². The standard InChI is InChI=1S/C21H28N4OS/c1-14-15(2)22-21(23-16(14)3)27-17(4)20(26)24-18-8-10-19(11-9-18)25-12-6-5-7-13-25/h8-11,17H,5-7,12-13H2,1-4H3,(H,24,26)/t17-/m0/s1. The van der Waals surface area contributed by atoms with Crippen molar-refractivity contribution in [3.8, 4) is 0 Å². The van der Waals surface area contributed by atoms with Gasteiger partial charge in [0.25, 0.3) is 0 Å². The molecular formula is C21H28N4OS. The predicted octanol–water partition coefficient (Wildman–Crippen LogP) is 4.51. The summed E-state index contributed by atoms with van der Waals surface area (Å²) in [5.74, 6) is -0.0368. The molecule has 1 fully saturated rings. The zero-order chi connectivity index (χ0) is 19.4. The van der Waals surface area contributed by atoms with Crippen molar-refractivity contribution in [1.29, 1.82) is 0 Å². The lowest BCUT2D eigenvalue weighted by Crippen LogP contribution is -2.29. The van der Waals surface area contributed by atoms with Gasteiger partial charge in [-0.15, -0.1) is 0 Å². The highest BCUT2D eigenvalue weighted by atomic mass is 32.2. The molecule has 5 nitrogen and oxygen atoms in total. The Morgan fingerprint density at radius 1 is 1.04 bits per heavy atom. The Balaban J connectivity index is 1.59. The van der Waals surface area contributed by atoms with E-state index in [1.807, 2.05) is 39.8 Å². The molecule has 0 unspecified atom stereocenters. The van der Waals surface area contributed by atoms with Crippen LogP contribution in [0.4, 0.5) is 11.4 Å². The largest absolute Gasteiger partial charge is 0.372 e. The number of amides is 1. The number of nitrogens with zero attached hydrogens (tertiary/aromatic N) is 3. The van der Waals surface area contributed by atoms with Gasteiger partial charge in [0.15, 0.2) is 5.16 Å². The fraction of sp³-hybridized carbons (Fsp3) is 0.476. The minimum absolute atomic E-state index is 0.0368. The first-order valence-electron chi connectivity index (χ1n) is 9.58. The predicted molar refractivity (Wildman–Crippen MR) is 113 cm³/mol. The van der Waals surface area contributed by atoms with Gasteiger partial charge in [0, 0.05) is 35.9 Å². The molecule has 1 aliphatic heterocycles. The number of carbonyl (C=O) groups excluding carboxylic acids is 1. The first kappa shape index (κ1) is 19.7. The van der Waals surface area contributed by atoms with Crippen LogP contribution in [-0.4, -0.2) is 34.2 Å². The fourth-order valence-corrected chi connectivity index (χ4v) is 4.02. The number of piperidine rings is 1. The normalized spacial score (nSPS) is 15.5. The molecule has 0 spiro atoms. The van der Waals surface area contributed by atoms with E-state index < -0.39 is 0 Å². The van der Waals surface area contributed by atoms with Crippen LogP contribution in [0.2, 0.25) is 0 Å². The number of aryl methyl sites for hydroxylation is 2. The topological polar surface area (TPSA) is 58.1 Å². The van der Waals surface area contributed by atoms with Crippen molar-refractivity contribution >= 4 is 29.0 Å². The van der Waals surface area contributed by atoms with Crippen LogP contribution in [0.25, 0.3) is 0 Å². The summed E-state index contributed by atoms with van der Waals surface area (Å²) in [7, 11) is 0. The third-order valence-electron chi connectivity index (χ3n) is 5.12. The smallest absolute Gasteiger partial charge is 0.237 e. The number of hydrogen-bond donors (Lipinski definition) is 1. The van der Waals surface area contributed by atoms with Crippen LogP contribution >= 0.6 is 11.8 Å². The molecule has 1 amide bonds. The lowest BCUT2D eigenvalue weighted by atomic mass is 10.1. The van der Waals surface area contributed by atoms with Gasteiger partial charge in [-0.2, -0.15) is 0 Å². The number of carbonyl (C=O) groups is 1. The average molecular weight is 385 g/mol. The third kappa shape index (κ3) is 5.01. The van der Waals surface area contributed by atoms with Gasteiger partial charge in [-0.1, -0.05) is 11.8 Å². The summed E-state index contributed by atoms with van der Waals surface area (Å²) in [6.45, 7) is 10.1. The van der Waals surface area contributed by atoms with Crippen LogP contribution < -0.4 is 10.2 Å². The van der Waals surface area contributed by atoms with Crippen LogP contribution in [-0.2, 0) is 4.79 Å². The van der Waals surface area contributed by atoms with Crippen LogP contribution in [0.1, 0.15) is 43.1 Å². The summed E-state index contributed by atoms with van der Waals surface area (Å²) in [6, 6.07) is 8.15. The van der Waals surface area contributed by atoms with E-state index in [1.165, 1.54) is 36.7 Å². The molecular weight excluding hydrogens is 356 g/mol. The van der Waals surface area contributed by atoms with Crippen LogP contribution in [0.5, 0.6) is 0 Å². The number of nitrogens with one attached hydrogen (secondary N) is 1. The Morgan fingerprint density at radius 3 is 2.22 bits per heavy atom. The van der Waals surface area contributed by atoms with E-state index in [4.69, 9.17) is 0 Å². The van der Waals surface area contributed by atoms with E-state index in [2.05, 4.69) is 32.3 Å². The van der Waals surface area contributed by atoms with E-state index in [0.29, 0.717) is 5.16 Å². The van der Waals surface area contributed by atoms with Gasteiger partial charge >= 0.3 is 0 Å². The zero-order valence-corrected chi connectivity index (χ0v) is 17.4. The Morgan fingerprint density at radius 2 is 1.63 bits per heavy atom. The molecule has 2 aromatic rings. The maximum atomic E-state index is 12.5. The van der Waals surface area contributed by atoms with E-state index in [9.17, 15) is 4.79 Å².